The quantitative estimate of drug-likeness (QED) is 0.649. The summed E-state index contributed by atoms with van der Waals surface area (Å²) in [5, 5.41) is 0. The van der Waals surface area contributed by atoms with Crippen LogP contribution in [0.15, 0.2) is 24.4 Å². The number of carbonyl (C=O) groups excluding carboxylic acids is 1. The highest BCUT2D eigenvalue weighted by molar-refractivity contribution is 5.79. The molecule has 0 unspecified atom stereocenters. The van der Waals surface area contributed by atoms with Crippen molar-refractivity contribution < 1.29 is 14.3 Å². The van der Waals surface area contributed by atoms with Crippen LogP contribution in [0, 0.1) is 0 Å². The molecular formula is C26H35N5O3. The first-order valence-corrected chi connectivity index (χ1v) is 12.5. The summed E-state index contributed by atoms with van der Waals surface area (Å²) in [6.07, 6.45) is 7.96. The van der Waals surface area contributed by atoms with Crippen molar-refractivity contribution in [3.05, 3.63) is 41.2 Å². The Morgan fingerprint density at radius 3 is 2.32 bits per heavy atom. The summed E-state index contributed by atoms with van der Waals surface area (Å²) < 4.78 is 10.7. The third-order valence-electron chi connectivity index (χ3n) is 7.52. The Kier molecular flexibility index (Phi) is 6.85. The van der Waals surface area contributed by atoms with Gasteiger partial charge in [0.05, 0.1) is 26.3 Å². The van der Waals surface area contributed by atoms with Crippen molar-refractivity contribution in [1.29, 1.82) is 0 Å². The number of aromatic nitrogens is 2. The predicted molar refractivity (Wildman–Crippen MR) is 131 cm³/mol. The van der Waals surface area contributed by atoms with Gasteiger partial charge in [0, 0.05) is 64.0 Å². The number of amides is 1. The number of piperazine rings is 1. The van der Waals surface area contributed by atoms with Crippen LogP contribution < -0.4 is 14.4 Å². The lowest BCUT2D eigenvalue weighted by Crippen LogP contribution is -2.52. The van der Waals surface area contributed by atoms with Crippen LogP contribution in [-0.4, -0.2) is 85.2 Å². The topological polar surface area (TPSA) is 71.0 Å². The number of benzene rings is 1. The van der Waals surface area contributed by atoms with Gasteiger partial charge in [-0.3, -0.25) is 9.69 Å². The number of nitrogens with zero attached hydrogens (tertiary/aromatic N) is 5. The molecule has 34 heavy (non-hydrogen) atoms. The van der Waals surface area contributed by atoms with E-state index >= 15 is 0 Å². The van der Waals surface area contributed by atoms with Gasteiger partial charge >= 0.3 is 0 Å². The number of hydrogen-bond acceptors (Lipinski definition) is 7. The van der Waals surface area contributed by atoms with E-state index in [9.17, 15) is 4.79 Å². The predicted octanol–water partition coefficient (Wildman–Crippen LogP) is 2.34. The van der Waals surface area contributed by atoms with Gasteiger partial charge in [-0.05, 0) is 42.5 Å². The van der Waals surface area contributed by atoms with E-state index in [0.29, 0.717) is 31.0 Å². The molecule has 1 aromatic carbocycles. The minimum atomic E-state index is 0.114. The van der Waals surface area contributed by atoms with Gasteiger partial charge in [0.1, 0.15) is 11.5 Å². The molecule has 8 heteroatoms. The van der Waals surface area contributed by atoms with E-state index in [1.54, 1.807) is 14.2 Å². The fourth-order valence-electron chi connectivity index (χ4n) is 5.16. The van der Waals surface area contributed by atoms with E-state index < -0.39 is 0 Å². The summed E-state index contributed by atoms with van der Waals surface area (Å²) in [7, 11) is 3.24. The Morgan fingerprint density at radius 2 is 1.68 bits per heavy atom. The van der Waals surface area contributed by atoms with Crippen molar-refractivity contribution in [1.82, 2.24) is 19.8 Å². The van der Waals surface area contributed by atoms with Gasteiger partial charge in [-0.1, -0.05) is 6.42 Å². The van der Waals surface area contributed by atoms with Crippen molar-refractivity contribution in [3.8, 4) is 11.5 Å². The van der Waals surface area contributed by atoms with Crippen LogP contribution in [0.3, 0.4) is 0 Å². The van der Waals surface area contributed by atoms with Crippen molar-refractivity contribution in [2.24, 2.45) is 0 Å². The molecule has 5 rings (SSSR count). The zero-order valence-corrected chi connectivity index (χ0v) is 20.3. The average molecular weight is 466 g/mol. The molecule has 1 aromatic heterocycles. The number of fused-ring (bicyclic) bond motifs is 1. The van der Waals surface area contributed by atoms with Crippen molar-refractivity contribution in [2.75, 3.05) is 58.4 Å². The Bertz CT molecular complexity index is 995. The molecule has 2 fully saturated rings. The van der Waals surface area contributed by atoms with Gasteiger partial charge in [-0.15, -0.1) is 0 Å². The third kappa shape index (κ3) is 4.97. The van der Waals surface area contributed by atoms with Gasteiger partial charge in [0.25, 0.3) is 0 Å². The van der Waals surface area contributed by atoms with E-state index in [2.05, 4.69) is 9.80 Å². The van der Waals surface area contributed by atoms with Crippen LogP contribution in [0.2, 0.25) is 0 Å². The number of methoxy groups -OCH3 is 2. The molecule has 1 saturated heterocycles. The van der Waals surface area contributed by atoms with Crippen LogP contribution >= 0.6 is 0 Å². The molecule has 0 atom stereocenters. The Hall–Kier alpha value is -2.87. The first-order chi connectivity index (χ1) is 16.6. The molecule has 0 spiro atoms. The first kappa shape index (κ1) is 22.9. The minimum absolute atomic E-state index is 0.114. The Labute approximate surface area is 201 Å². The van der Waals surface area contributed by atoms with E-state index in [0.717, 1.165) is 67.8 Å². The number of anilines is 1. The fourth-order valence-corrected chi connectivity index (χ4v) is 5.16. The molecule has 3 heterocycles. The lowest BCUT2D eigenvalue weighted by atomic mass is 9.91. The SMILES string of the molecule is COc1cc(CC(=O)N2CCc3cnc(N4CCN(C5CCC5)CC4)nc3CC2)cc(OC)c1. The van der Waals surface area contributed by atoms with Crippen molar-refractivity contribution in [3.63, 3.8) is 0 Å². The maximum Gasteiger partial charge on any atom is 0.227 e. The molecule has 1 saturated carbocycles. The average Bonchev–Trinajstić information content (AvgIpc) is 3.05. The minimum Gasteiger partial charge on any atom is -0.497 e. The van der Waals surface area contributed by atoms with Crippen LogP contribution in [0.4, 0.5) is 5.95 Å². The summed E-state index contributed by atoms with van der Waals surface area (Å²) >= 11 is 0. The van der Waals surface area contributed by atoms with Gasteiger partial charge in [0.2, 0.25) is 11.9 Å². The summed E-state index contributed by atoms with van der Waals surface area (Å²) in [4.78, 5) is 29.6. The fraction of sp³-hybridized carbons (Fsp3) is 0.577. The van der Waals surface area contributed by atoms with E-state index in [1.807, 2.05) is 29.3 Å². The maximum absolute atomic E-state index is 13.1. The lowest BCUT2D eigenvalue weighted by molar-refractivity contribution is -0.130. The van der Waals surface area contributed by atoms with E-state index in [-0.39, 0.29) is 5.91 Å². The molecule has 3 aliphatic rings. The summed E-state index contributed by atoms with van der Waals surface area (Å²) in [6, 6.07) is 6.42. The molecule has 2 aliphatic heterocycles. The number of ether oxygens (including phenoxy) is 2. The van der Waals surface area contributed by atoms with E-state index in [1.165, 1.54) is 19.3 Å². The molecule has 0 N–H and O–H groups in total. The summed E-state index contributed by atoms with van der Waals surface area (Å²) in [6.45, 7) is 5.55. The molecule has 1 aliphatic carbocycles. The molecule has 8 nitrogen and oxygen atoms in total. The standard InChI is InChI=1S/C26H35N5O3/c1-33-22-14-19(15-23(17-22)34-2)16-25(32)30-8-6-20-18-27-26(28-24(20)7-9-30)31-12-10-29(11-13-31)21-4-3-5-21/h14-15,17-18,21H,3-13,16H2,1-2H3. The van der Waals surface area contributed by atoms with E-state index in [4.69, 9.17) is 19.4 Å². The molecular weight excluding hydrogens is 430 g/mol. The molecule has 1 amide bonds. The van der Waals surface area contributed by atoms with Crippen LogP contribution in [0.25, 0.3) is 0 Å². The lowest BCUT2D eigenvalue weighted by Gasteiger charge is -2.43. The van der Waals surface area contributed by atoms with Crippen molar-refractivity contribution in [2.45, 2.75) is 44.6 Å². The van der Waals surface area contributed by atoms with Gasteiger partial charge in [-0.25, -0.2) is 9.97 Å². The number of carbonyl (C=O) groups is 1. The largest absolute Gasteiger partial charge is 0.497 e. The van der Waals surface area contributed by atoms with Gasteiger partial charge in [0.15, 0.2) is 0 Å². The maximum atomic E-state index is 13.1. The zero-order valence-electron chi connectivity index (χ0n) is 20.3. The summed E-state index contributed by atoms with van der Waals surface area (Å²) in [5.41, 5.74) is 3.14. The normalized spacial score (nSPS) is 19.2. The Balaban J connectivity index is 1.20. The van der Waals surface area contributed by atoms with Crippen LogP contribution in [0.5, 0.6) is 11.5 Å². The molecule has 2 aromatic rings. The molecule has 0 bridgehead atoms. The highest BCUT2D eigenvalue weighted by Gasteiger charge is 2.29. The zero-order chi connectivity index (χ0) is 23.5. The second-order valence-corrected chi connectivity index (χ2v) is 9.53. The van der Waals surface area contributed by atoms with Crippen LogP contribution in [0.1, 0.15) is 36.1 Å². The first-order valence-electron chi connectivity index (χ1n) is 12.5. The number of hydrogen-bond donors (Lipinski definition) is 0. The van der Waals surface area contributed by atoms with Gasteiger partial charge < -0.3 is 19.3 Å². The highest BCUT2D eigenvalue weighted by atomic mass is 16.5. The summed E-state index contributed by atoms with van der Waals surface area (Å²) in [5.74, 6) is 2.35. The molecule has 0 radical (unpaired) electrons. The second-order valence-electron chi connectivity index (χ2n) is 9.53. The van der Waals surface area contributed by atoms with Crippen molar-refractivity contribution >= 4 is 11.9 Å². The number of rotatable bonds is 6. The third-order valence-corrected chi connectivity index (χ3v) is 7.52. The van der Waals surface area contributed by atoms with Gasteiger partial charge in [-0.2, -0.15) is 0 Å². The molecule has 182 valence electrons. The Morgan fingerprint density at radius 1 is 0.971 bits per heavy atom. The van der Waals surface area contributed by atoms with Crippen LogP contribution in [-0.2, 0) is 24.1 Å². The second kappa shape index (κ2) is 10.2. The monoisotopic (exact) mass is 465 g/mol. The highest BCUT2D eigenvalue weighted by Crippen LogP contribution is 2.27. The smallest absolute Gasteiger partial charge is 0.227 e.